The first kappa shape index (κ1) is 15.7. The number of halogens is 2. The summed E-state index contributed by atoms with van der Waals surface area (Å²) in [6.45, 7) is 4.72. The third kappa shape index (κ3) is 4.12. The topological polar surface area (TPSA) is 62.7 Å². The summed E-state index contributed by atoms with van der Waals surface area (Å²) in [5.41, 5.74) is 4.63. The van der Waals surface area contributed by atoms with Crippen molar-refractivity contribution < 1.29 is 9.53 Å². The van der Waals surface area contributed by atoms with Crippen molar-refractivity contribution in [3.05, 3.63) is 46.5 Å². The fraction of sp³-hybridized carbons (Fsp3) is 0.286. The van der Waals surface area contributed by atoms with Crippen molar-refractivity contribution in [2.24, 2.45) is 11.0 Å². The molecule has 0 saturated heterocycles. The van der Waals surface area contributed by atoms with Crippen molar-refractivity contribution in [2.45, 2.75) is 0 Å². The zero-order valence-corrected chi connectivity index (χ0v) is 12.7. The summed E-state index contributed by atoms with van der Waals surface area (Å²) in [5, 5.41) is 7.92. The lowest BCUT2D eigenvalue weighted by atomic mass is 9.97. The van der Waals surface area contributed by atoms with Crippen LogP contribution in [-0.4, -0.2) is 31.5 Å². The van der Waals surface area contributed by atoms with Gasteiger partial charge in [-0.3, -0.25) is 0 Å². The quantitative estimate of drug-likeness (QED) is 0.817. The number of benzene rings is 1. The highest BCUT2D eigenvalue weighted by atomic mass is 35.5. The third-order valence-electron chi connectivity index (χ3n) is 2.96. The largest absolute Gasteiger partial charge is 0.445 e. The molecular formula is C14H15Cl2N3O2. The second kappa shape index (κ2) is 7.33. The average Bonchev–Trinajstić information content (AvgIpc) is 2.94. The van der Waals surface area contributed by atoms with E-state index in [-0.39, 0.29) is 12.5 Å². The molecule has 2 rings (SSSR count). The van der Waals surface area contributed by atoms with Gasteiger partial charge < -0.3 is 15.5 Å². The maximum Gasteiger partial charge on any atom is 0.407 e. The highest BCUT2D eigenvalue weighted by Crippen LogP contribution is 2.25. The van der Waals surface area contributed by atoms with Crippen LogP contribution < -0.4 is 10.7 Å². The number of carbonyl (C=O) groups is 1. The molecule has 7 heteroatoms. The number of nitrogens with zero attached hydrogens (tertiary/aromatic N) is 1. The van der Waals surface area contributed by atoms with Gasteiger partial charge in [-0.1, -0.05) is 41.9 Å². The number of hydrazone groups is 1. The molecule has 1 heterocycles. The second-order valence-corrected chi connectivity index (χ2v) is 5.27. The van der Waals surface area contributed by atoms with Crippen molar-refractivity contribution >= 4 is 35.0 Å². The average molecular weight is 328 g/mol. The summed E-state index contributed by atoms with van der Waals surface area (Å²) in [6, 6.07) is 5.34. The zero-order chi connectivity index (χ0) is 15.2. The molecule has 1 aliphatic rings. The van der Waals surface area contributed by atoms with Gasteiger partial charge in [-0.25, -0.2) is 4.79 Å². The smallest absolute Gasteiger partial charge is 0.407 e. The number of rotatable bonds is 5. The lowest BCUT2D eigenvalue weighted by Gasteiger charge is -2.13. The van der Waals surface area contributed by atoms with Gasteiger partial charge in [-0.2, -0.15) is 5.10 Å². The van der Waals surface area contributed by atoms with E-state index in [2.05, 4.69) is 22.4 Å². The molecule has 0 aliphatic carbocycles. The van der Waals surface area contributed by atoms with Crippen LogP contribution in [0.25, 0.3) is 0 Å². The standard InChI is InChI=1S/C14H15Cl2N3O2/c1-2-5-21-14(20)17-7-10-8-18-19-13(10)9-3-4-11(15)12(16)6-9/h2-4,6,10,18H,1,5,7-8H2,(H,17,20). The summed E-state index contributed by atoms with van der Waals surface area (Å²) in [6.07, 6.45) is 1.04. The molecular weight excluding hydrogens is 313 g/mol. The first-order valence-corrected chi connectivity index (χ1v) is 7.14. The Labute approximate surface area is 133 Å². The molecule has 0 bridgehead atoms. The molecule has 0 saturated carbocycles. The first-order valence-electron chi connectivity index (χ1n) is 6.39. The number of amides is 1. The molecule has 2 N–H and O–H groups in total. The second-order valence-electron chi connectivity index (χ2n) is 4.45. The van der Waals surface area contributed by atoms with Crippen LogP contribution in [0.1, 0.15) is 5.56 Å². The van der Waals surface area contributed by atoms with Crippen LogP contribution in [0.4, 0.5) is 4.79 Å². The highest BCUT2D eigenvalue weighted by molar-refractivity contribution is 6.42. The number of alkyl carbamates (subject to hydrolysis) is 1. The Morgan fingerprint density at radius 2 is 2.33 bits per heavy atom. The van der Waals surface area contributed by atoms with Gasteiger partial charge in [0, 0.05) is 19.0 Å². The van der Waals surface area contributed by atoms with E-state index in [9.17, 15) is 4.79 Å². The number of carbonyl (C=O) groups excluding carboxylic acids is 1. The van der Waals surface area contributed by atoms with Crippen LogP contribution in [0, 0.1) is 5.92 Å². The van der Waals surface area contributed by atoms with Crippen LogP contribution in [0.5, 0.6) is 0 Å². The van der Waals surface area contributed by atoms with Crippen molar-refractivity contribution in [3.63, 3.8) is 0 Å². The Morgan fingerprint density at radius 1 is 1.52 bits per heavy atom. The van der Waals surface area contributed by atoms with Crippen molar-refractivity contribution in [1.82, 2.24) is 10.7 Å². The van der Waals surface area contributed by atoms with Gasteiger partial charge in [0.25, 0.3) is 0 Å². The lowest BCUT2D eigenvalue weighted by molar-refractivity contribution is 0.157. The summed E-state index contributed by atoms with van der Waals surface area (Å²) in [5.74, 6) is 0.0403. The summed E-state index contributed by atoms with van der Waals surface area (Å²) >= 11 is 11.9. The lowest BCUT2D eigenvalue weighted by Crippen LogP contribution is -2.34. The van der Waals surface area contributed by atoms with Crippen LogP contribution in [0.3, 0.4) is 0 Å². The van der Waals surface area contributed by atoms with E-state index < -0.39 is 6.09 Å². The predicted molar refractivity (Wildman–Crippen MR) is 84.0 cm³/mol. The Balaban J connectivity index is 1.98. The van der Waals surface area contributed by atoms with Gasteiger partial charge in [0.05, 0.1) is 15.8 Å². The normalized spacial score (nSPS) is 16.9. The van der Waals surface area contributed by atoms with E-state index in [1.807, 2.05) is 6.07 Å². The molecule has 1 aliphatic heterocycles. The number of ether oxygens (including phenoxy) is 1. The van der Waals surface area contributed by atoms with Gasteiger partial charge >= 0.3 is 6.09 Å². The van der Waals surface area contributed by atoms with Crippen LogP contribution in [0.2, 0.25) is 10.0 Å². The van der Waals surface area contributed by atoms with E-state index in [0.29, 0.717) is 23.1 Å². The van der Waals surface area contributed by atoms with E-state index in [1.165, 1.54) is 6.08 Å². The molecule has 112 valence electrons. The van der Waals surface area contributed by atoms with Crippen LogP contribution in [-0.2, 0) is 4.74 Å². The highest BCUT2D eigenvalue weighted by Gasteiger charge is 2.24. The molecule has 0 radical (unpaired) electrons. The number of nitrogens with one attached hydrogen (secondary N) is 2. The maximum atomic E-state index is 11.4. The molecule has 0 fully saturated rings. The van der Waals surface area contributed by atoms with Crippen molar-refractivity contribution in [1.29, 1.82) is 0 Å². The fourth-order valence-corrected chi connectivity index (χ4v) is 2.24. The summed E-state index contributed by atoms with van der Waals surface area (Å²) in [4.78, 5) is 11.4. The number of hydrogen-bond donors (Lipinski definition) is 2. The van der Waals surface area contributed by atoms with E-state index >= 15 is 0 Å². The molecule has 1 aromatic carbocycles. The fourth-order valence-electron chi connectivity index (χ4n) is 1.95. The van der Waals surface area contributed by atoms with Gasteiger partial charge in [0.2, 0.25) is 0 Å². The monoisotopic (exact) mass is 327 g/mol. The first-order chi connectivity index (χ1) is 10.1. The van der Waals surface area contributed by atoms with Crippen molar-refractivity contribution in [2.75, 3.05) is 19.7 Å². The van der Waals surface area contributed by atoms with E-state index in [4.69, 9.17) is 27.9 Å². The molecule has 1 amide bonds. The van der Waals surface area contributed by atoms with Crippen LogP contribution in [0.15, 0.2) is 36.0 Å². The minimum absolute atomic E-state index is 0.0403. The third-order valence-corrected chi connectivity index (χ3v) is 3.70. The van der Waals surface area contributed by atoms with Gasteiger partial charge in [0.15, 0.2) is 0 Å². The van der Waals surface area contributed by atoms with Gasteiger partial charge in [-0.05, 0) is 17.7 Å². The molecule has 1 unspecified atom stereocenters. The van der Waals surface area contributed by atoms with Crippen molar-refractivity contribution in [3.8, 4) is 0 Å². The maximum absolute atomic E-state index is 11.4. The molecule has 1 aromatic rings. The zero-order valence-electron chi connectivity index (χ0n) is 11.2. The molecule has 0 spiro atoms. The minimum Gasteiger partial charge on any atom is -0.445 e. The Hall–Kier alpha value is -1.72. The molecule has 0 aromatic heterocycles. The molecule has 21 heavy (non-hydrogen) atoms. The summed E-state index contributed by atoms with van der Waals surface area (Å²) in [7, 11) is 0. The summed E-state index contributed by atoms with van der Waals surface area (Å²) < 4.78 is 4.86. The van der Waals surface area contributed by atoms with E-state index in [0.717, 1.165) is 11.3 Å². The van der Waals surface area contributed by atoms with E-state index in [1.54, 1.807) is 12.1 Å². The minimum atomic E-state index is -0.477. The Kier molecular flexibility index (Phi) is 5.47. The Morgan fingerprint density at radius 3 is 3.05 bits per heavy atom. The number of hydrogen-bond acceptors (Lipinski definition) is 4. The molecule has 5 nitrogen and oxygen atoms in total. The molecule has 1 atom stereocenters. The SMILES string of the molecule is C=CCOC(=O)NCC1CNN=C1c1ccc(Cl)c(Cl)c1. The predicted octanol–water partition coefficient (Wildman–Crippen LogP) is 2.83. The Bertz CT molecular complexity index is 575. The van der Waals surface area contributed by atoms with Crippen LogP contribution >= 0.6 is 23.2 Å². The van der Waals surface area contributed by atoms with Gasteiger partial charge in [0.1, 0.15) is 6.61 Å². The van der Waals surface area contributed by atoms with Gasteiger partial charge in [-0.15, -0.1) is 0 Å².